The van der Waals surface area contributed by atoms with Crippen LogP contribution in [0.2, 0.25) is 0 Å². The van der Waals surface area contributed by atoms with Crippen molar-refractivity contribution >= 4 is 5.95 Å². The minimum absolute atomic E-state index is 0.482. The Morgan fingerprint density at radius 2 is 1.83 bits per heavy atom. The predicted molar refractivity (Wildman–Crippen MR) is 72.8 cm³/mol. The summed E-state index contributed by atoms with van der Waals surface area (Å²) in [4.78, 5) is 8.93. The van der Waals surface area contributed by atoms with Crippen molar-refractivity contribution in [2.75, 3.05) is 18.4 Å². The largest absolute Gasteiger partial charge is 0.350 e. The lowest BCUT2D eigenvalue weighted by atomic mass is 10.0. The average molecular weight is 246 g/mol. The number of hydrogen-bond acceptors (Lipinski definition) is 4. The van der Waals surface area contributed by atoms with Crippen molar-refractivity contribution in [1.82, 2.24) is 15.3 Å². The Kier molecular flexibility index (Phi) is 3.74. The monoisotopic (exact) mass is 246 g/mol. The van der Waals surface area contributed by atoms with Crippen molar-refractivity contribution in [2.45, 2.75) is 50.5 Å². The molecule has 1 aromatic heterocycles. The van der Waals surface area contributed by atoms with E-state index >= 15 is 0 Å². The van der Waals surface area contributed by atoms with Gasteiger partial charge in [-0.1, -0.05) is 12.8 Å². The molecule has 0 spiro atoms. The molecule has 1 aromatic rings. The first-order valence-electron chi connectivity index (χ1n) is 7.21. The Bertz CT molecular complexity index is 364. The number of hydrogen-bond donors (Lipinski definition) is 2. The van der Waals surface area contributed by atoms with E-state index < -0.39 is 0 Å². The zero-order valence-electron chi connectivity index (χ0n) is 10.9. The summed E-state index contributed by atoms with van der Waals surface area (Å²) in [5.74, 6) is 1.49. The van der Waals surface area contributed by atoms with E-state index in [1.54, 1.807) is 0 Å². The highest BCUT2D eigenvalue weighted by Gasteiger charge is 2.18. The van der Waals surface area contributed by atoms with Gasteiger partial charge in [-0.25, -0.2) is 9.97 Å². The van der Waals surface area contributed by atoms with Gasteiger partial charge in [-0.2, -0.15) is 0 Å². The average Bonchev–Trinajstić information content (AvgIpc) is 2.95. The molecule has 0 amide bonds. The lowest BCUT2D eigenvalue weighted by Gasteiger charge is -2.23. The van der Waals surface area contributed by atoms with Crippen LogP contribution in [-0.2, 0) is 0 Å². The lowest BCUT2D eigenvalue weighted by Crippen LogP contribution is -2.38. The number of piperidine rings is 1. The number of nitrogens with zero attached hydrogens (tertiary/aromatic N) is 2. The standard InChI is InChI=1S/C14H22N4/c1-2-5-11(4-1)12-8-16-14(17-9-12)18-13-6-3-7-15-10-13/h8-9,11,13,15H,1-7,10H2,(H,16,17,18). The second-order valence-electron chi connectivity index (χ2n) is 5.51. The maximum absolute atomic E-state index is 4.47. The van der Waals surface area contributed by atoms with E-state index in [9.17, 15) is 0 Å². The van der Waals surface area contributed by atoms with Gasteiger partial charge >= 0.3 is 0 Å². The summed E-state index contributed by atoms with van der Waals surface area (Å²) in [7, 11) is 0. The summed E-state index contributed by atoms with van der Waals surface area (Å²) < 4.78 is 0. The summed E-state index contributed by atoms with van der Waals surface area (Å²) in [6, 6.07) is 0.482. The van der Waals surface area contributed by atoms with Crippen LogP contribution in [0.3, 0.4) is 0 Å². The van der Waals surface area contributed by atoms with Crippen molar-refractivity contribution in [3.8, 4) is 0 Å². The van der Waals surface area contributed by atoms with Gasteiger partial charge in [-0.3, -0.25) is 0 Å². The summed E-state index contributed by atoms with van der Waals surface area (Å²) in [6.07, 6.45) is 11.8. The normalized spacial score (nSPS) is 25.2. The third-order valence-corrected chi connectivity index (χ3v) is 4.13. The summed E-state index contributed by atoms with van der Waals surface area (Å²) in [6.45, 7) is 2.16. The predicted octanol–water partition coefficient (Wildman–Crippen LogP) is 2.30. The van der Waals surface area contributed by atoms with Gasteiger partial charge in [0.05, 0.1) is 0 Å². The number of anilines is 1. The molecule has 1 saturated heterocycles. The highest BCUT2D eigenvalue weighted by Crippen LogP contribution is 2.33. The van der Waals surface area contributed by atoms with Crippen molar-refractivity contribution in [2.24, 2.45) is 0 Å². The van der Waals surface area contributed by atoms with E-state index in [4.69, 9.17) is 0 Å². The summed E-state index contributed by atoms with van der Waals surface area (Å²) in [5, 5.41) is 6.81. The molecule has 18 heavy (non-hydrogen) atoms. The first-order valence-corrected chi connectivity index (χ1v) is 7.21. The number of rotatable bonds is 3. The molecule has 1 aliphatic carbocycles. The number of aromatic nitrogens is 2. The Balaban J connectivity index is 1.59. The van der Waals surface area contributed by atoms with Crippen LogP contribution in [0.5, 0.6) is 0 Å². The Labute approximate surface area is 109 Å². The first kappa shape index (κ1) is 11.9. The maximum Gasteiger partial charge on any atom is 0.222 e. The van der Waals surface area contributed by atoms with E-state index in [0.29, 0.717) is 12.0 Å². The van der Waals surface area contributed by atoms with Crippen LogP contribution in [0.4, 0.5) is 5.95 Å². The quantitative estimate of drug-likeness (QED) is 0.859. The molecule has 1 aliphatic heterocycles. The Hall–Kier alpha value is -1.16. The number of nitrogens with one attached hydrogen (secondary N) is 2. The van der Waals surface area contributed by atoms with Gasteiger partial charge in [0, 0.05) is 25.0 Å². The molecule has 3 rings (SSSR count). The van der Waals surface area contributed by atoms with E-state index in [2.05, 4.69) is 20.6 Å². The van der Waals surface area contributed by atoms with Gasteiger partial charge in [0.15, 0.2) is 0 Å². The summed E-state index contributed by atoms with van der Waals surface area (Å²) in [5.41, 5.74) is 1.32. The van der Waals surface area contributed by atoms with E-state index in [0.717, 1.165) is 19.0 Å². The van der Waals surface area contributed by atoms with Crippen molar-refractivity contribution in [3.05, 3.63) is 18.0 Å². The molecule has 4 heteroatoms. The molecule has 0 radical (unpaired) electrons. The molecule has 0 aromatic carbocycles. The molecule has 98 valence electrons. The molecule has 4 nitrogen and oxygen atoms in total. The molecule has 0 bridgehead atoms. The van der Waals surface area contributed by atoms with Crippen LogP contribution in [0, 0.1) is 0 Å². The molecule has 2 heterocycles. The molecule has 1 atom stereocenters. The summed E-state index contributed by atoms with van der Waals surface area (Å²) >= 11 is 0. The highest BCUT2D eigenvalue weighted by atomic mass is 15.1. The van der Waals surface area contributed by atoms with E-state index in [1.165, 1.54) is 44.1 Å². The molecule has 1 saturated carbocycles. The fourth-order valence-electron chi connectivity index (χ4n) is 3.04. The minimum Gasteiger partial charge on any atom is -0.350 e. The third kappa shape index (κ3) is 2.80. The van der Waals surface area contributed by atoms with Crippen molar-refractivity contribution in [1.29, 1.82) is 0 Å². The molecule has 2 N–H and O–H groups in total. The van der Waals surface area contributed by atoms with Gasteiger partial charge in [0.25, 0.3) is 0 Å². The minimum atomic E-state index is 0.482. The van der Waals surface area contributed by atoms with Crippen molar-refractivity contribution in [3.63, 3.8) is 0 Å². The second-order valence-corrected chi connectivity index (χ2v) is 5.51. The fourth-order valence-corrected chi connectivity index (χ4v) is 3.04. The molecular weight excluding hydrogens is 224 g/mol. The van der Waals surface area contributed by atoms with Gasteiger partial charge in [0.2, 0.25) is 5.95 Å². The van der Waals surface area contributed by atoms with E-state index in [-0.39, 0.29) is 0 Å². The van der Waals surface area contributed by atoms with Gasteiger partial charge in [-0.15, -0.1) is 0 Å². The zero-order valence-corrected chi connectivity index (χ0v) is 10.9. The molecule has 2 fully saturated rings. The molecule has 2 aliphatic rings. The van der Waals surface area contributed by atoms with E-state index in [1.807, 2.05) is 12.4 Å². The van der Waals surface area contributed by atoms with Crippen molar-refractivity contribution < 1.29 is 0 Å². The fraction of sp³-hybridized carbons (Fsp3) is 0.714. The second kappa shape index (κ2) is 5.65. The molecule has 1 unspecified atom stereocenters. The smallest absolute Gasteiger partial charge is 0.222 e. The molecular formula is C14H22N4. The van der Waals surface area contributed by atoms with Crippen LogP contribution >= 0.6 is 0 Å². The van der Waals surface area contributed by atoms with Crippen LogP contribution in [0.1, 0.15) is 50.0 Å². The SMILES string of the molecule is c1nc(NC2CCCNC2)ncc1C1CCCC1. The topological polar surface area (TPSA) is 49.8 Å². The Morgan fingerprint density at radius 1 is 1.06 bits per heavy atom. The van der Waals surface area contributed by atoms with Crippen LogP contribution in [0.25, 0.3) is 0 Å². The van der Waals surface area contributed by atoms with Gasteiger partial charge in [0.1, 0.15) is 0 Å². The lowest BCUT2D eigenvalue weighted by molar-refractivity contribution is 0.478. The first-order chi connectivity index (χ1) is 8.92. The van der Waals surface area contributed by atoms with Gasteiger partial charge in [-0.05, 0) is 43.7 Å². The van der Waals surface area contributed by atoms with Crippen LogP contribution in [-0.4, -0.2) is 29.1 Å². The van der Waals surface area contributed by atoms with Gasteiger partial charge < -0.3 is 10.6 Å². The highest BCUT2D eigenvalue weighted by molar-refractivity contribution is 5.28. The van der Waals surface area contributed by atoms with Crippen LogP contribution < -0.4 is 10.6 Å². The van der Waals surface area contributed by atoms with Crippen LogP contribution in [0.15, 0.2) is 12.4 Å². The zero-order chi connectivity index (χ0) is 12.2. The third-order valence-electron chi connectivity index (χ3n) is 4.13. The Morgan fingerprint density at radius 3 is 2.50 bits per heavy atom. The maximum atomic E-state index is 4.47.